The van der Waals surface area contributed by atoms with Gasteiger partial charge in [0.25, 0.3) is 0 Å². The molecule has 3 aliphatic heterocycles. The molecule has 12 nitrogen and oxygen atoms in total. The molecule has 1 aromatic heterocycles. The number of aliphatic hydroxyl groups is 1. The molecule has 0 spiro atoms. The van der Waals surface area contributed by atoms with E-state index < -0.39 is 29.8 Å². The number of hydrogen-bond acceptors (Lipinski definition) is 9. The Balaban J connectivity index is 0.934. The second-order valence-electron chi connectivity index (χ2n) is 12.8. The number of nitrogens with zero attached hydrogens (tertiary/aromatic N) is 7. The first-order valence-electron chi connectivity index (χ1n) is 16.4. The number of amides is 2. The Hall–Kier alpha value is -4.79. The van der Waals surface area contributed by atoms with E-state index in [4.69, 9.17) is 14.2 Å². The monoisotopic (exact) mass is 675 g/mol. The number of anilines is 3. The molecule has 3 fully saturated rings. The van der Waals surface area contributed by atoms with Crippen molar-refractivity contribution in [2.24, 2.45) is 0 Å². The van der Waals surface area contributed by atoms with Crippen molar-refractivity contribution in [3.8, 4) is 5.75 Å². The van der Waals surface area contributed by atoms with Crippen LogP contribution < -0.4 is 19.4 Å². The van der Waals surface area contributed by atoms with Gasteiger partial charge < -0.3 is 34.0 Å². The van der Waals surface area contributed by atoms with Crippen LogP contribution >= 0.6 is 0 Å². The highest BCUT2D eigenvalue weighted by atomic mass is 19.1. The first-order chi connectivity index (χ1) is 23.6. The van der Waals surface area contributed by atoms with E-state index in [0.717, 1.165) is 61.9 Å². The zero-order chi connectivity index (χ0) is 34.2. The summed E-state index contributed by atoms with van der Waals surface area (Å²) in [7, 11) is 0. The Bertz CT molecular complexity index is 1750. The van der Waals surface area contributed by atoms with Gasteiger partial charge in [-0.15, -0.1) is 0 Å². The normalized spacial score (nSPS) is 22.9. The van der Waals surface area contributed by atoms with Gasteiger partial charge in [-0.1, -0.05) is 6.07 Å². The minimum Gasteiger partial charge on any atom is -0.485 e. The molecule has 2 amide bonds. The Labute approximate surface area is 283 Å². The van der Waals surface area contributed by atoms with Gasteiger partial charge in [-0.25, -0.2) is 23.2 Å². The molecule has 3 aromatic carbocycles. The van der Waals surface area contributed by atoms with E-state index in [0.29, 0.717) is 12.3 Å². The van der Waals surface area contributed by atoms with Crippen molar-refractivity contribution >= 4 is 23.1 Å². The molecule has 4 aromatic rings. The van der Waals surface area contributed by atoms with Gasteiger partial charge in [0.15, 0.2) is 6.61 Å². The lowest BCUT2D eigenvalue weighted by atomic mass is 9.94. The number of carbonyl (C=O) groups excluding carboxylic acids is 1. The van der Waals surface area contributed by atoms with Crippen LogP contribution in [0.2, 0.25) is 0 Å². The van der Waals surface area contributed by atoms with E-state index in [1.807, 2.05) is 47.9 Å². The maximum absolute atomic E-state index is 14.9. The average Bonchev–Trinajstić information content (AvgIpc) is 3.84. The van der Waals surface area contributed by atoms with Gasteiger partial charge in [-0.3, -0.25) is 4.90 Å². The van der Waals surface area contributed by atoms with Gasteiger partial charge in [-0.2, -0.15) is 5.10 Å². The van der Waals surface area contributed by atoms with Crippen molar-refractivity contribution in [2.45, 2.75) is 38.0 Å². The fourth-order valence-corrected chi connectivity index (χ4v) is 6.66. The van der Waals surface area contributed by atoms with Crippen LogP contribution in [0.25, 0.3) is 0 Å². The summed E-state index contributed by atoms with van der Waals surface area (Å²) in [6, 6.07) is 19.1. The largest absolute Gasteiger partial charge is 0.485 e. The third kappa shape index (κ3) is 6.76. The first kappa shape index (κ1) is 32.7. The second kappa shape index (κ2) is 13.3. The van der Waals surface area contributed by atoms with E-state index in [1.165, 1.54) is 23.4 Å². The fourth-order valence-electron chi connectivity index (χ4n) is 6.66. The number of hydrogen-bond donors (Lipinski definition) is 1. The van der Waals surface area contributed by atoms with Crippen LogP contribution in [0.1, 0.15) is 19.4 Å². The lowest BCUT2D eigenvalue weighted by molar-refractivity contribution is -0.335. The van der Waals surface area contributed by atoms with Crippen LogP contribution in [-0.4, -0.2) is 95.3 Å². The summed E-state index contributed by atoms with van der Waals surface area (Å²) in [5.74, 6) is -3.29. The molecule has 2 atom stereocenters. The maximum Gasteiger partial charge on any atom is 0.324 e. The first-order valence-corrected chi connectivity index (χ1v) is 16.4. The molecular formula is C35H39F2N7O5. The van der Waals surface area contributed by atoms with Crippen molar-refractivity contribution in [3.63, 3.8) is 0 Å². The van der Waals surface area contributed by atoms with Crippen molar-refractivity contribution < 1.29 is 32.9 Å². The highest BCUT2D eigenvalue weighted by Crippen LogP contribution is 2.41. The molecule has 7 rings (SSSR count). The predicted molar refractivity (Wildman–Crippen MR) is 177 cm³/mol. The smallest absolute Gasteiger partial charge is 0.324 e. The zero-order valence-electron chi connectivity index (χ0n) is 27.4. The molecule has 0 radical (unpaired) electrons. The van der Waals surface area contributed by atoms with Crippen molar-refractivity contribution in [2.75, 3.05) is 67.2 Å². The summed E-state index contributed by atoms with van der Waals surface area (Å²) in [5, 5.41) is 15.2. The summed E-state index contributed by atoms with van der Waals surface area (Å²) in [5.41, 5.74) is 1.58. The van der Waals surface area contributed by atoms with Gasteiger partial charge >= 0.3 is 12.0 Å². The van der Waals surface area contributed by atoms with Crippen LogP contribution in [0.15, 0.2) is 79.4 Å². The van der Waals surface area contributed by atoms with Crippen LogP contribution in [0, 0.1) is 11.6 Å². The maximum atomic E-state index is 14.9. The molecule has 0 bridgehead atoms. The molecule has 258 valence electrons. The van der Waals surface area contributed by atoms with E-state index in [2.05, 4.69) is 32.0 Å². The van der Waals surface area contributed by atoms with Crippen molar-refractivity contribution in [1.29, 1.82) is 0 Å². The van der Waals surface area contributed by atoms with Gasteiger partial charge in [0.05, 0.1) is 13.2 Å². The van der Waals surface area contributed by atoms with Crippen molar-refractivity contribution in [3.05, 3.63) is 96.6 Å². The minimum atomic E-state index is -2.20. The quantitative estimate of drug-likeness (QED) is 0.265. The van der Waals surface area contributed by atoms with E-state index in [-0.39, 0.29) is 30.8 Å². The molecule has 0 unspecified atom stereocenters. The molecule has 3 saturated heterocycles. The fraction of sp³-hybridized carbons (Fsp3) is 0.400. The van der Waals surface area contributed by atoms with Crippen LogP contribution in [0.5, 0.6) is 5.75 Å². The Kier molecular flexibility index (Phi) is 8.86. The van der Waals surface area contributed by atoms with Gasteiger partial charge in [0, 0.05) is 74.0 Å². The summed E-state index contributed by atoms with van der Waals surface area (Å²) in [6.45, 7) is 8.18. The van der Waals surface area contributed by atoms with Gasteiger partial charge in [0.1, 0.15) is 35.6 Å². The molecular weight excluding hydrogens is 636 g/mol. The van der Waals surface area contributed by atoms with Crippen molar-refractivity contribution in [1.82, 2.24) is 19.7 Å². The number of urea groups is 1. The molecule has 4 heterocycles. The summed E-state index contributed by atoms with van der Waals surface area (Å²) >= 11 is 0. The van der Waals surface area contributed by atoms with Crippen LogP contribution in [0.3, 0.4) is 0 Å². The van der Waals surface area contributed by atoms with E-state index >= 15 is 0 Å². The third-order valence-electron chi connectivity index (χ3n) is 9.29. The SMILES string of the molecule is CC(C)N1CCN(c2ccc(N3CCN(c4ccc(OC[C@]5(O)OC[C@](Cn6cncn6)(c6ccc(F)cc6F)O5)cc4)CC3)cc2)C1=O. The van der Waals surface area contributed by atoms with Gasteiger partial charge in [0.2, 0.25) is 0 Å². The number of piperazine rings is 1. The Morgan fingerprint density at radius 1 is 0.898 bits per heavy atom. The number of carbonyl (C=O) groups is 1. The topological polar surface area (TPSA) is 109 Å². The highest BCUT2D eigenvalue weighted by molar-refractivity contribution is 5.94. The Morgan fingerprint density at radius 2 is 1.55 bits per heavy atom. The Morgan fingerprint density at radius 3 is 2.14 bits per heavy atom. The van der Waals surface area contributed by atoms with Crippen LogP contribution in [-0.2, 0) is 21.6 Å². The highest BCUT2D eigenvalue weighted by Gasteiger charge is 2.53. The lowest BCUT2D eigenvalue weighted by Gasteiger charge is -2.37. The summed E-state index contributed by atoms with van der Waals surface area (Å²) < 4.78 is 47.5. The van der Waals surface area contributed by atoms with E-state index in [9.17, 15) is 18.7 Å². The summed E-state index contributed by atoms with van der Waals surface area (Å²) in [6.07, 6.45) is 2.75. The molecule has 0 saturated carbocycles. The summed E-state index contributed by atoms with van der Waals surface area (Å²) in [4.78, 5) is 25.0. The van der Waals surface area contributed by atoms with E-state index in [1.54, 1.807) is 12.1 Å². The third-order valence-corrected chi connectivity index (χ3v) is 9.29. The van der Waals surface area contributed by atoms with Crippen LogP contribution in [0.4, 0.5) is 30.6 Å². The lowest BCUT2D eigenvalue weighted by Crippen LogP contribution is -2.46. The molecule has 3 aliphatic rings. The molecule has 0 aliphatic carbocycles. The minimum absolute atomic E-state index is 0.0125. The molecule has 49 heavy (non-hydrogen) atoms. The number of benzene rings is 3. The number of ether oxygens (including phenoxy) is 3. The zero-order valence-corrected chi connectivity index (χ0v) is 27.4. The molecule has 1 N–H and O–H groups in total. The average molecular weight is 676 g/mol. The molecule has 14 heteroatoms. The number of rotatable bonds is 10. The predicted octanol–water partition coefficient (Wildman–Crippen LogP) is 4.20. The second-order valence-corrected chi connectivity index (χ2v) is 12.8. The standard InChI is InChI=1S/C35H39F2N7O5/c1-25(2)43-17-18-44(33(43)45)29-6-4-27(5-7-29)40-13-15-41(16-14-40)28-8-10-30(11-9-28)47-22-35(46)48-21-34(49-35,20-42-24-38-23-39-42)31-12-3-26(36)19-32(31)37/h3-12,19,23-25,46H,13-18,20-22H2,1-2H3/t34-,35+/m1/s1. The van der Waals surface area contributed by atoms with Gasteiger partial charge in [-0.05, 0) is 68.4 Å². The number of halogens is 2. The number of aromatic nitrogens is 3.